The van der Waals surface area contributed by atoms with Crippen LogP contribution in [0.5, 0.6) is 23.0 Å². The van der Waals surface area contributed by atoms with E-state index in [1.165, 1.54) is 101 Å². The van der Waals surface area contributed by atoms with Gasteiger partial charge in [-0.25, -0.2) is 13.8 Å². The number of ether oxygens (including phenoxy) is 4. The van der Waals surface area contributed by atoms with E-state index >= 15 is 0 Å². The van der Waals surface area contributed by atoms with Crippen molar-refractivity contribution in [1.82, 2.24) is 20.1 Å². The second-order valence-electron chi connectivity index (χ2n) is 30.0. The fourth-order valence-electron chi connectivity index (χ4n) is 13.7. The molecule has 0 radical (unpaired) electrons. The number of thioether (sulfide) groups is 1. The van der Waals surface area contributed by atoms with Gasteiger partial charge in [0, 0.05) is 95.3 Å². The van der Waals surface area contributed by atoms with Crippen molar-refractivity contribution >= 4 is 120 Å². The molecule has 12 aromatic rings. The molecule has 2 atom stereocenters. The number of anilines is 3. The average Bonchev–Trinajstić information content (AvgIpc) is 1.61. The fourth-order valence-corrected chi connectivity index (χ4v) is 15.9. The smallest absolute Gasteiger partial charge is 0.295 e. The molecule has 0 spiro atoms. The molecule has 4 heterocycles. The van der Waals surface area contributed by atoms with Crippen molar-refractivity contribution in [3.8, 4) is 23.0 Å². The van der Waals surface area contributed by atoms with E-state index in [0.717, 1.165) is 69.4 Å². The number of nitrogens with zero attached hydrogens (tertiary/aromatic N) is 6. The minimum atomic E-state index is -0.790. The molecule has 0 saturated carbocycles. The van der Waals surface area contributed by atoms with Crippen LogP contribution in [0.15, 0.2) is 289 Å². The third-order valence-electron chi connectivity index (χ3n) is 20.5. The van der Waals surface area contributed by atoms with Crippen LogP contribution in [0.4, 0.5) is 25.3 Å². The lowest BCUT2D eigenvalue weighted by Gasteiger charge is -2.36. The Bertz CT molecular complexity index is 5920. The maximum atomic E-state index is 14.8. The van der Waals surface area contributed by atoms with Crippen LogP contribution in [0.2, 0.25) is 5.02 Å². The number of carbonyl (C=O) groups is 6. The van der Waals surface area contributed by atoms with Crippen molar-refractivity contribution < 1.29 is 61.6 Å². The molecule has 127 heavy (non-hydrogen) atoms. The van der Waals surface area contributed by atoms with Crippen molar-refractivity contribution in [2.45, 2.75) is 78.0 Å². The number of aliphatic hydroxyl groups is 1. The van der Waals surface area contributed by atoms with E-state index in [9.17, 15) is 42.7 Å². The number of aliphatic hydroxyl groups excluding tert-OH is 1. The van der Waals surface area contributed by atoms with Crippen LogP contribution in [0, 0.1) is 39.3 Å². The van der Waals surface area contributed by atoms with Crippen LogP contribution >= 0.6 is 46.9 Å². The molecule has 20 nitrogen and oxygen atoms in total. The average molecular weight is 1780 g/mol. The van der Waals surface area contributed by atoms with Gasteiger partial charge in [-0.2, -0.15) is 5.10 Å². The summed E-state index contributed by atoms with van der Waals surface area (Å²) in [7, 11) is 6.21. The van der Waals surface area contributed by atoms with Gasteiger partial charge in [0.1, 0.15) is 40.4 Å². The highest BCUT2D eigenvalue weighted by molar-refractivity contribution is 8.15. The highest BCUT2D eigenvalue weighted by Gasteiger charge is 2.45. The van der Waals surface area contributed by atoms with Gasteiger partial charge in [0.15, 0.2) is 22.7 Å². The molecule has 0 bridgehead atoms. The highest BCUT2D eigenvalue weighted by Crippen LogP contribution is 2.43. The van der Waals surface area contributed by atoms with E-state index in [1.54, 1.807) is 96.9 Å². The normalized spacial score (nSPS) is 14.7. The zero-order chi connectivity index (χ0) is 90.5. The number of amidine groups is 1. The van der Waals surface area contributed by atoms with Gasteiger partial charge in [0.2, 0.25) is 5.91 Å². The minimum Gasteiger partial charge on any atom is -0.507 e. The quantitative estimate of drug-likeness (QED) is 0.00836. The molecule has 3 saturated heterocycles. The predicted octanol–water partition coefficient (Wildman–Crippen LogP) is 20.3. The summed E-state index contributed by atoms with van der Waals surface area (Å²) in [4.78, 5) is 85.2. The van der Waals surface area contributed by atoms with E-state index in [-0.39, 0.29) is 46.7 Å². The summed E-state index contributed by atoms with van der Waals surface area (Å²) in [5, 5.41) is 29.6. The number of methoxy groups -OCH3 is 3. The number of halogens is 3. The van der Waals surface area contributed by atoms with Gasteiger partial charge in [-0.1, -0.05) is 198 Å². The number of hydrogen-bond acceptors (Lipinski definition) is 18. The number of likely N-dealkylation sites (tertiary alicyclic amines) is 1. The zero-order valence-electron chi connectivity index (χ0n) is 71.8. The number of Topliss-reactive ketones (excluding diaryl/α,β-unsaturated/α-hetero) is 1. The molecule has 4 amide bonds. The van der Waals surface area contributed by atoms with E-state index < -0.39 is 29.4 Å². The van der Waals surface area contributed by atoms with Gasteiger partial charge in [-0.3, -0.25) is 34.1 Å². The third kappa shape index (κ3) is 27.5. The van der Waals surface area contributed by atoms with Crippen LogP contribution in [0.3, 0.4) is 0 Å². The SMILES string of the molecule is C/C(=N\N=C1\NC(=O)C(Cc2ccc(C)cc2)S1)c1ccccc1.COc1ccc(C2C(=C(O)c3ccc(Cl)cc3)C(=O)C(=O)N2C)c(OC)c1.COc1ccc(CCCC(=S)Nc2cccc(C)c2)cc1.Cc1ccc(Cc2cnc(NC(=O)COc3cccc(C)c3)s2)cc1.O=C(c1ccccc1)c1ccc(N2CCN(C(=O)c3cccc(F)c3)CC2)c(F)c1. The Morgan fingerprint density at radius 3 is 1.87 bits per heavy atom. The Morgan fingerprint density at radius 1 is 0.614 bits per heavy atom. The van der Waals surface area contributed by atoms with Crippen molar-refractivity contribution in [2.75, 3.05) is 76.7 Å². The Morgan fingerprint density at radius 2 is 1.23 bits per heavy atom. The van der Waals surface area contributed by atoms with Crippen molar-refractivity contribution in [1.29, 1.82) is 0 Å². The number of amides is 4. The molecule has 652 valence electrons. The third-order valence-corrected chi connectivity index (χ3v) is 23.1. The molecule has 4 N–H and O–H groups in total. The number of aromatic nitrogens is 1. The van der Waals surface area contributed by atoms with Gasteiger partial charge in [0.05, 0.1) is 54.6 Å². The van der Waals surface area contributed by atoms with Gasteiger partial charge >= 0.3 is 0 Å². The second-order valence-corrected chi connectivity index (χ2v) is 33.2. The summed E-state index contributed by atoms with van der Waals surface area (Å²) in [6, 6.07) is 80.1. The Kier molecular flexibility index (Phi) is 34.5. The van der Waals surface area contributed by atoms with E-state index in [2.05, 4.69) is 125 Å². The number of carbonyl (C=O) groups excluding carboxylic acids is 6. The largest absolute Gasteiger partial charge is 0.507 e. The van der Waals surface area contributed by atoms with Gasteiger partial charge < -0.3 is 49.4 Å². The first-order chi connectivity index (χ1) is 61.3. The molecular formula is C101H98ClF2N9O11S3. The highest BCUT2D eigenvalue weighted by atomic mass is 35.5. The zero-order valence-corrected chi connectivity index (χ0v) is 75.0. The Labute approximate surface area is 757 Å². The number of ketones is 2. The van der Waals surface area contributed by atoms with E-state index in [0.29, 0.717) is 98.7 Å². The van der Waals surface area contributed by atoms with Gasteiger partial charge in [0.25, 0.3) is 23.5 Å². The molecule has 3 aliphatic heterocycles. The molecule has 0 aliphatic carbocycles. The molecular weight excluding hydrogens is 1680 g/mol. The number of thiazole rings is 1. The van der Waals surface area contributed by atoms with Crippen molar-refractivity contribution in [3.63, 3.8) is 0 Å². The van der Waals surface area contributed by atoms with Crippen LogP contribution in [0.1, 0.15) is 113 Å². The lowest BCUT2D eigenvalue weighted by Crippen LogP contribution is -2.49. The summed E-state index contributed by atoms with van der Waals surface area (Å²) in [5.74, 6) is -0.734. The number of nitrogens with one attached hydrogen (secondary N) is 3. The first kappa shape index (κ1) is 94.2. The van der Waals surface area contributed by atoms with E-state index in [1.807, 2.05) is 110 Å². The van der Waals surface area contributed by atoms with Crippen LogP contribution < -0.4 is 39.8 Å². The number of likely N-dealkylation sites (N-methyl/N-ethyl adjacent to an activating group) is 1. The number of thiocarbonyl (C=S) groups is 1. The Hall–Kier alpha value is -13.5. The lowest BCUT2D eigenvalue weighted by molar-refractivity contribution is -0.139. The minimum absolute atomic E-state index is 0.00621. The standard InChI is InChI=1S/C24H20F2N2O2.C20H18ClNO5.C20H20N2O2S.C19H19N3OS.C18H21NOS/c25-20-8-4-7-19(15-20)24(30)28-13-11-27(12-14-28)22-10-9-18(16-21(22)26)23(29)17-5-2-1-3-6-17;1-22-17(14-9-8-13(26-2)10-15(14)27-3)16(19(24)20(22)25)18(23)11-4-6-12(21)7-5-11;1-14-6-8-16(9-7-14)11-18-12-21-20(25-18)22-19(23)13-24-17-5-3-4-15(2)10-17;1-13-8-10-15(11-9-13)12-17-18(23)20-19(24-17)22-21-14(2)16-6-4-3-5-7-16;1-14-5-3-7-16(13-14)19-18(21)8-4-6-15-9-11-17(20-2)12-10-15/h1-10,15-16H,11-14H2;4-10,17,23H,1-3H3;3-10,12H,11,13H2,1-2H3,(H,21,22,23);3-11,17H,12H2,1-2H3,(H,20,22,23);3,5,7,9-13H,4,6,8H2,1-2H3,(H,19,21)/b;;;21-14+;. The summed E-state index contributed by atoms with van der Waals surface area (Å²) in [6.45, 7) is 11.8. The maximum absolute atomic E-state index is 14.8. The predicted molar refractivity (Wildman–Crippen MR) is 507 cm³/mol. The summed E-state index contributed by atoms with van der Waals surface area (Å²) >= 11 is 14.2. The number of hydrogen-bond donors (Lipinski definition) is 4. The van der Waals surface area contributed by atoms with Crippen molar-refractivity contribution in [2.24, 2.45) is 10.2 Å². The fraction of sp³-hybridized carbons (Fsp3) is 0.208. The van der Waals surface area contributed by atoms with Gasteiger partial charge in [-0.05, 0) is 203 Å². The second kappa shape index (κ2) is 46.5. The summed E-state index contributed by atoms with van der Waals surface area (Å²) in [6.07, 6.45) is 6.28. The van der Waals surface area contributed by atoms with Crippen LogP contribution in [-0.2, 0) is 38.4 Å². The van der Waals surface area contributed by atoms with Crippen molar-refractivity contribution in [3.05, 3.63) is 373 Å². The van der Waals surface area contributed by atoms with Crippen LogP contribution in [-0.4, -0.2) is 137 Å². The molecule has 2 unspecified atom stereocenters. The molecule has 26 heteroatoms. The summed E-state index contributed by atoms with van der Waals surface area (Å²) < 4.78 is 49.4. The number of aryl methyl sites for hydroxylation is 5. The number of piperazine rings is 1. The first-order valence-corrected chi connectivity index (χ1v) is 43.4. The monoisotopic (exact) mass is 1780 g/mol. The first-order valence-electron chi connectivity index (χ1n) is 40.9. The molecule has 15 rings (SSSR count). The van der Waals surface area contributed by atoms with Gasteiger partial charge in [-0.15, -0.1) is 16.4 Å². The summed E-state index contributed by atoms with van der Waals surface area (Å²) in [5.41, 5.74) is 13.9. The molecule has 1 aromatic heterocycles. The van der Waals surface area contributed by atoms with E-state index in [4.69, 9.17) is 42.8 Å². The number of benzene rings is 11. The lowest BCUT2D eigenvalue weighted by atomic mass is 9.94. The molecule has 11 aromatic carbocycles. The Balaban J connectivity index is 0.000000155. The molecule has 3 aliphatic rings. The molecule has 3 fully saturated rings. The topological polar surface area (TPSA) is 243 Å². The van der Waals surface area contributed by atoms with Crippen LogP contribution in [0.25, 0.3) is 5.76 Å². The number of rotatable bonds is 24. The maximum Gasteiger partial charge on any atom is 0.295 e.